The molecule has 0 spiro atoms. The summed E-state index contributed by atoms with van der Waals surface area (Å²) in [7, 11) is -3.90. The van der Waals surface area contributed by atoms with Crippen LogP contribution in [0.15, 0.2) is 17.3 Å². The van der Waals surface area contributed by atoms with Gasteiger partial charge in [0.25, 0.3) is 0 Å². The Labute approximate surface area is 91.9 Å². The Hall–Kier alpha value is -1.85. The number of aromatic nitrogens is 2. The summed E-state index contributed by atoms with van der Waals surface area (Å²) < 4.78 is 25.1. The maximum absolute atomic E-state index is 11.6. The molecule has 0 bridgehead atoms. The molecule has 1 atom stereocenters. The number of carbonyl (C=O) groups is 1. The van der Waals surface area contributed by atoms with E-state index >= 15 is 0 Å². The summed E-state index contributed by atoms with van der Waals surface area (Å²) in [5.41, 5.74) is 0. The van der Waals surface area contributed by atoms with Crippen LogP contribution in [0.4, 0.5) is 0 Å². The summed E-state index contributed by atoms with van der Waals surface area (Å²) in [6, 6.07) is -1.34. The lowest BCUT2D eigenvalue weighted by molar-refractivity contribution is -0.138. The monoisotopic (exact) mass is 243 g/mol. The number of sulfonamides is 1. The molecule has 7 nitrogen and oxygen atoms in total. The van der Waals surface area contributed by atoms with E-state index in [-0.39, 0.29) is 11.3 Å². The molecular formula is C8H9N3O4S. The molecule has 0 amide bonds. The van der Waals surface area contributed by atoms with Crippen LogP contribution < -0.4 is 4.72 Å². The summed E-state index contributed by atoms with van der Waals surface area (Å²) in [6.07, 6.45) is 6.91. The van der Waals surface area contributed by atoms with Gasteiger partial charge in [0.15, 0.2) is 0 Å². The highest BCUT2D eigenvalue weighted by Gasteiger charge is 2.25. The second-order valence-electron chi connectivity index (χ2n) is 2.85. The molecule has 0 aromatic carbocycles. The number of hydrogen-bond acceptors (Lipinski definition) is 4. The quantitative estimate of drug-likeness (QED) is 0.584. The average molecular weight is 243 g/mol. The van der Waals surface area contributed by atoms with E-state index in [1.807, 2.05) is 4.72 Å². The Balaban J connectivity index is 2.88. The molecular weight excluding hydrogens is 234 g/mol. The zero-order chi connectivity index (χ0) is 12.2. The lowest BCUT2D eigenvalue weighted by Crippen LogP contribution is -2.40. The summed E-state index contributed by atoms with van der Waals surface area (Å²) in [4.78, 5) is 10.5. The number of aromatic amines is 1. The third kappa shape index (κ3) is 2.82. The van der Waals surface area contributed by atoms with E-state index in [0.717, 1.165) is 12.4 Å². The number of carboxylic acids is 1. The van der Waals surface area contributed by atoms with Gasteiger partial charge in [0.1, 0.15) is 10.9 Å². The second-order valence-corrected chi connectivity index (χ2v) is 4.57. The fourth-order valence-corrected chi connectivity index (χ4v) is 2.03. The van der Waals surface area contributed by atoms with Crippen LogP contribution in [-0.4, -0.2) is 35.7 Å². The first-order valence-corrected chi connectivity index (χ1v) is 5.63. The number of hydrogen-bond donors (Lipinski definition) is 3. The highest BCUT2D eigenvalue weighted by atomic mass is 32.2. The zero-order valence-corrected chi connectivity index (χ0v) is 8.86. The Morgan fingerprint density at radius 1 is 1.75 bits per heavy atom. The van der Waals surface area contributed by atoms with Gasteiger partial charge in [0.05, 0.1) is 6.20 Å². The van der Waals surface area contributed by atoms with E-state index in [2.05, 4.69) is 16.1 Å². The van der Waals surface area contributed by atoms with E-state index in [4.69, 9.17) is 11.5 Å². The predicted molar refractivity (Wildman–Crippen MR) is 53.8 cm³/mol. The average Bonchev–Trinajstić information content (AvgIpc) is 2.69. The minimum absolute atomic E-state index is 0.143. The molecule has 1 aromatic heterocycles. The molecule has 0 aliphatic heterocycles. The fraction of sp³-hybridized carbons (Fsp3) is 0.250. The first kappa shape index (κ1) is 12.2. The van der Waals surface area contributed by atoms with Gasteiger partial charge in [0, 0.05) is 12.6 Å². The summed E-state index contributed by atoms with van der Waals surface area (Å²) in [6.45, 7) is 0. The zero-order valence-electron chi connectivity index (χ0n) is 8.04. The third-order valence-corrected chi connectivity index (χ3v) is 3.14. The molecule has 0 saturated carbocycles. The lowest BCUT2D eigenvalue weighted by atomic mass is 10.2. The molecule has 86 valence electrons. The predicted octanol–water partition coefficient (Wildman–Crippen LogP) is -0.835. The Morgan fingerprint density at radius 2 is 2.44 bits per heavy atom. The molecule has 1 rings (SSSR count). The maximum atomic E-state index is 11.6. The van der Waals surface area contributed by atoms with Crippen molar-refractivity contribution in [1.29, 1.82) is 0 Å². The van der Waals surface area contributed by atoms with Crippen molar-refractivity contribution >= 4 is 16.0 Å². The van der Waals surface area contributed by atoms with Crippen molar-refractivity contribution in [3.63, 3.8) is 0 Å². The minimum Gasteiger partial charge on any atom is -0.480 e. The summed E-state index contributed by atoms with van der Waals surface area (Å²) >= 11 is 0. The van der Waals surface area contributed by atoms with Crippen LogP contribution in [0.3, 0.4) is 0 Å². The lowest BCUT2D eigenvalue weighted by Gasteiger charge is -2.10. The summed E-state index contributed by atoms with van der Waals surface area (Å²) in [5.74, 6) is 0.757. The maximum Gasteiger partial charge on any atom is 0.322 e. The smallest absolute Gasteiger partial charge is 0.322 e. The third-order valence-electron chi connectivity index (χ3n) is 1.70. The van der Waals surface area contributed by atoms with Crippen LogP contribution >= 0.6 is 0 Å². The van der Waals surface area contributed by atoms with Crippen molar-refractivity contribution in [3.8, 4) is 12.3 Å². The number of nitrogens with zero attached hydrogens (tertiary/aromatic N) is 1. The molecule has 1 unspecified atom stereocenters. The Kier molecular flexibility index (Phi) is 3.65. The van der Waals surface area contributed by atoms with Crippen LogP contribution in [-0.2, 0) is 14.8 Å². The van der Waals surface area contributed by atoms with Crippen molar-refractivity contribution in [3.05, 3.63) is 12.4 Å². The van der Waals surface area contributed by atoms with Crippen molar-refractivity contribution in [2.24, 2.45) is 0 Å². The van der Waals surface area contributed by atoms with Gasteiger partial charge in [-0.05, 0) is 0 Å². The van der Waals surface area contributed by atoms with E-state index in [0.29, 0.717) is 0 Å². The largest absolute Gasteiger partial charge is 0.480 e. The van der Waals surface area contributed by atoms with E-state index in [9.17, 15) is 13.2 Å². The molecule has 0 aliphatic carbocycles. The second kappa shape index (κ2) is 4.78. The van der Waals surface area contributed by atoms with Crippen LogP contribution in [0.2, 0.25) is 0 Å². The minimum atomic E-state index is -3.90. The van der Waals surface area contributed by atoms with Gasteiger partial charge in [-0.15, -0.1) is 12.3 Å². The van der Waals surface area contributed by atoms with Crippen LogP contribution in [0.25, 0.3) is 0 Å². The van der Waals surface area contributed by atoms with Crippen LogP contribution in [0.1, 0.15) is 6.42 Å². The first-order chi connectivity index (χ1) is 7.47. The van der Waals surface area contributed by atoms with Gasteiger partial charge in [-0.3, -0.25) is 9.89 Å². The van der Waals surface area contributed by atoms with Gasteiger partial charge >= 0.3 is 5.97 Å². The molecule has 0 aliphatic rings. The van der Waals surface area contributed by atoms with Gasteiger partial charge in [0.2, 0.25) is 10.0 Å². The van der Waals surface area contributed by atoms with Gasteiger partial charge in [-0.25, -0.2) is 8.42 Å². The molecule has 16 heavy (non-hydrogen) atoms. The van der Waals surface area contributed by atoms with E-state index < -0.39 is 22.0 Å². The topological polar surface area (TPSA) is 112 Å². The number of H-pyrrole nitrogens is 1. The molecule has 1 heterocycles. The van der Waals surface area contributed by atoms with Crippen LogP contribution in [0, 0.1) is 12.3 Å². The van der Waals surface area contributed by atoms with Crippen molar-refractivity contribution in [1.82, 2.24) is 14.9 Å². The Bertz CT molecular complexity index is 500. The van der Waals surface area contributed by atoms with Crippen molar-refractivity contribution < 1.29 is 18.3 Å². The van der Waals surface area contributed by atoms with Crippen molar-refractivity contribution in [2.45, 2.75) is 17.4 Å². The number of carboxylic acid groups (broad SMARTS) is 1. The Morgan fingerprint density at radius 3 is 2.88 bits per heavy atom. The standard InChI is InChI=1S/C8H9N3O4S/c1-2-3-7(8(12)13)11-16(14,15)6-4-9-10-5-6/h1,4-5,7,11H,3H2,(H,9,10)(H,12,13). The number of terminal acetylenes is 1. The van der Waals surface area contributed by atoms with Crippen molar-refractivity contribution in [2.75, 3.05) is 0 Å². The number of aliphatic carboxylic acids is 1. The van der Waals surface area contributed by atoms with Gasteiger partial charge in [-0.1, -0.05) is 0 Å². The summed E-state index contributed by atoms with van der Waals surface area (Å²) in [5, 5.41) is 14.5. The molecule has 0 radical (unpaired) electrons. The fourth-order valence-electron chi connectivity index (χ4n) is 0.939. The van der Waals surface area contributed by atoms with E-state index in [1.54, 1.807) is 0 Å². The van der Waals surface area contributed by atoms with Gasteiger partial charge in [-0.2, -0.15) is 9.82 Å². The molecule has 0 fully saturated rings. The number of nitrogens with one attached hydrogen (secondary N) is 2. The molecule has 0 saturated heterocycles. The molecule has 3 N–H and O–H groups in total. The first-order valence-electron chi connectivity index (χ1n) is 4.14. The highest BCUT2D eigenvalue weighted by molar-refractivity contribution is 7.89. The highest BCUT2D eigenvalue weighted by Crippen LogP contribution is 2.06. The normalized spacial score (nSPS) is 12.9. The molecule has 8 heteroatoms. The van der Waals surface area contributed by atoms with Crippen LogP contribution in [0.5, 0.6) is 0 Å². The van der Waals surface area contributed by atoms with Gasteiger partial charge < -0.3 is 5.11 Å². The van der Waals surface area contributed by atoms with E-state index in [1.165, 1.54) is 0 Å². The SMILES string of the molecule is C#CCC(NS(=O)(=O)c1cn[nH]c1)C(=O)O. The number of rotatable bonds is 5. The molecule has 1 aromatic rings.